The second kappa shape index (κ2) is 14.8. The fourth-order valence-electron chi connectivity index (χ4n) is 3.91. The van der Waals surface area contributed by atoms with E-state index in [1.165, 1.54) is 26.2 Å². The molecule has 7 nitrogen and oxygen atoms in total. The zero-order chi connectivity index (χ0) is 20.4. The quantitative estimate of drug-likeness (QED) is 0.270. The predicted molar refractivity (Wildman–Crippen MR) is 134 cm³/mol. The van der Waals surface area contributed by atoms with Crippen LogP contribution in [0.15, 0.2) is 4.99 Å². The summed E-state index contributed by atoms with van der Waals surface area (Å²) in [4.78, 5) is 12.3. The lowest BCUT2D eigenvalue weighted by Gasteiger charge is -2.34. The van der Waals surface area contributed by atoms with Crippen molar-refractivity contribution < 1.29 is 4.74 Å². The molecule has 2 N–H and O–H groups in total. The Kier molecular flexibility index (Phi) is 13.7. The summed E-state index contributed by atoms with van der Waals surface area (Å²) in [5.41, 5.74) is 0. The molecular weight excluding hydrogens is 479 g/mol. The molecule has 2 unspecified atom stereocenters. The summed E-state index contributed by atoms with van der Waals surface area (Å²) < 4.78 is 5.96. The fraction of sp³-hybridized carbons (Fsp3) is 0.952. The van der Waals surface area contributed by atoms with E-state index in [1.807, 2.05) is 0 Å². The van der Waals surface area contributed by atoms with Gasteiger partial charge in [-0.15, -0.1) is 24.0 Å². The number of morpholine rings is 1. The second-order valence-electron chi connectivity index (χ2n) is 8.96. The van der Waals surface area contributed by atoms with Crippen LogP contribution in [0.3, 0.4) is 0 Å². The molecule has 2 saturated heterocycles. The number of aliphatic imine (C=N–C) groups is 1. The van der Waals surface area contributed by atoms with Crippen molar-refractivity contribution in [2.75, 3.05) is 85.6 Å². The Balaban J connectivity index is 0.00000420. The molecule has 8 heteroatoms. The SMILES string of the molecule is CCNC(=NCC(C)CN1CCN(C)CC1)NCC1CN(CC(C)C)CCO1.I. The summed E-state index contributed by atoms with van der Waals surface area (Å²) in [7, 11) is 2.21. The number of rotatable bonds is 9. The monoisotopic (exact) mass is 524 g/mol. The molecule has 29 heavy (non-hydrogen) atoms. The van der Waals surface area contributed by atoms with Gasteiger partial charge in [0.2, 0.25) is 0 Å². The number of nitrogens with one attached hydrogen (secondary N) is 2. The van der Waals surface area contributed by atoms with Gasteiger partial charge in [0.15, 0.2) is 5.96 Å². The van der Waals surface area contributed by atoms with Crippen LogP contribution in [-0.2, 0) is 4.74 Å². The van der Waals surface area contributed by atoms with Crippen molar-refractivity contribution in [3.63, 3.8) is 0 Å². The number of ether oxygens (including phenoxy) is 1. The van der Waals surface area contributed by atoms with Crippen LogP contribution in [0.4, 0.5) is 0 Å². The molecule has 2 fully saturated rings. The molecule has 0 aromatic rings. The molecule has 0 bridgehead atoms. The Bertz CT molecular complexity index is 456. The lowest BCUT2D eigenvalue weighted by molar-refractivity contribution is -0.0284. The lowest BCUT2D eigenvalue weighted by atomic mass is 10.1. The zero-order valence-electron chi connectivity index (χ0n) is 19.3. The van der Waals surface area contributed by atoms with E-state index in [0.29, 0.717) is 11.8 Å². The van der Waals surface area contributed by atoms with Crippen molar-refractivity contribution in [1.82, 2.24) is 25.3 Å². The Hall–Kier alpha value is -0.160. The molecule has 2 atom stereocenters. The van der Waals surface area contributed by atoms with Crippen molar-refractivity contribution in [1.29, 1.82) is 0 Å². The number of piperazine rings is 1. The Morgan fingerprint density at radius 1 is 1.03 bits per heavy atom. The van der Waals surface area contributed by atoms with Crippen LogP contribution in [0.25, 0.3) is 0 Å². The predicted octanol–water partition coefficient (Wildman–Crippen LogP) is 1.40. The second-order valence-corrected chi connectivity index (χ2v) is 8.96. The number of hydrogen-bond acceptors (Lipinski definition) is 5. The molecule has 0 aromatic carbocycles. The third kappa shape index (κ3) is 11.1. The van der Waals surface area contributed by atoms with Gasteiger partial charge in [-0.2, -0.15) is 0 Å². The molecule has 2 aliphatic heterocycles. The maximum Gasteiger partial charge on any atom is 0.191 e. The van der Waals surface area contributed by atoms with Crippen molar-refractivity contribution in [3.8, 4) is 0 Å². The van der Waals surface area contributed by atoms with Gasteiger partial charge in [0.05, 0.1) is 12.7 Å². The highest BCUT2D eigenvalue weighted by molar-refractivity contribution is 14.0. The maximum absolute atomic E-state index is 5.96. The number of nitrogens with zero attached hydrogens (tertiary/aromatic N) is 4. The van der Waals surface area contributed by atoms with Gasteiger partial charge >= 0.3 is 0 Å². The largest absolute Gasteiger partial charge is 0.374 e. The summed E-state index contributed by atoms with van der Waals surface area (Å²) in [5, 5.41) is 6.88. The van der Waals surface area contributed by atoms with Crippen LogP contribution in [0, 0.1) is 11.8 Å². The van der Waals surface area contributed by atoms with E-state index in [4.69, 9.17) is 9.73 Å². The van der Waals surface area contributed by atoms with Gasteiger partial charge in [0, 0.05) is 72.0 Å². The topological polar surface area (TPSA) is 55.4 Å². The number of hydrogen-bond donors (Lipinski definition) is 2. The van der Waals surface area contributed by atoms with E-state index in [9.17, 15) is 0 Å². The molecule has 0 radical (unpaired) electrons. The highest BCUT2D eigenvalue weighted by Crippen LogP contribution is 2.08. The van der Waals surface area contributed by atoms with Crippen LogP contribution in [-0.4, -0.2) is 112 Å². The van der Waals surface area contributed by atoms with Gasteiger partial charge < -0.3 is 25.2 Å². The van der Waals surface area contributed by atoms with E-state index in [0.717, 1.165) is 58.4 Å². The van der Waals surface area contributed by atoms with Gasteiger partial charge in [-0.3, -0.25) is 9.89 Å². The van der Waals surface area contributed by atoms with Gasteiger partial charge in [0.25, 0.3) is 0 Å². The average molecular weight is 525 g/mol. The van der Waals surface area contributed by atoms with E-state index >= 15 is 0 Å². The highest BCUT2D eigenvalue weighted by atomic mass is 127. The third-order valence-corrected chi connectivity index (χ3v) is 5.41. The van der Waals surface area contributed by atoms with Crippen LogP contribution < -0.4 is 10.6 Å². The van der Waals surface area contributed by atoms with E-state index in [-0.39, 0.29) is 30.1 Å². The number of guanidine groups is 1. The molecule has 0 aliphatic carbocycles. The van der Waals surface area contributed by atoms with Crippen molar-refractivity contribution >= 4 is 29.9 Å². The van der Waals surface area contributed by atoms with E-state index < -0.39 is 0 Å². The molecule has 2 rings (SSSR count). The van der Waals surface area contributed by atoms with Crippen LogP contribution in [0.5, 0.6) is 0 Å². The van der Waals surface area contributed by atoms with Crippen molar-refractivity contribution in [3.05, 3.63) is 0 Å². The first-order valence-corrected chi connectivity index (χ1v) is 11.2. The smallest absolute Gasteiger partial charge is 0.191 e. The fourth-order valence-corrected chi connectivity index (χ4v) is 3.91. The summed E-state index contributed by atoms with van der Waals surface area (Å²) in [6, 6.07) is 0. The summed E-state index contributed by atoms with van der Waals surface area (Å²) in [6.45, 7) is 21.4. The Morgan fingerprint density at radius 3 is 2.41 bits per heavy atom. The first-order chi connectivity index (χ1) is 13.5. The number of halogens is 1. The summed E-state index contributed by atoms with van der Waals surface area (Å²) >= 11 is 0. The first-order valence-electron chi connectivity index (χ1n) is 11.2. The summed E-state index contributed by atoms with van der Waals surface area (Å²) in [6.07, 6.45) is 0.235. The third-order valence-electron chi connectivity index (χ3n) is 5.41. The maximum atomic E-state index is 5.96. The Labute approximate surface area is 196 Å². The standard InChI is InChI=1S/C21H44N6O.HI/c1-6-22-21(23-13-19(4)16-26-9-7-25(5)8-10-26)24-14-20-17-27(11-12-28-20)15-18(2)3;/h18-20H,6-17H2,1-5H3,(H2,22,23,24);1H. The minimum atomic E-state index is 0. The van der Waals surface area contributed by atoms with Crippen LogP contribution >= 0.6 is 24.0 Å². The van der Waals surface area contributed by atoms with Gasteiger partial charge in [-0.05, 0) is 25.8 Å². The Morgan fingerprint density at radius 2 is 1.76 bits per heavy atom. The average Bonchev–Trinajstić information content (AvgIpc) is 2.65. The normalized spacial score (nSPS) is 23.7. The lowest BCUT2D eigenvalue weighted by Crippen LogP contribution is -2.50. The van der Waals surface area contributed by atoms with Crippen LogP contribution in [0.2, 0.25) is 0 Å². The molecule has 0 spiro atoms. The van der Waals surface area contributed by atoms with Gasteiger partial charge in [0.1, 0.15) is 0 Å². The molecule has 0 amide bonds. The van der Waals surface area contributed by atoms with Crippen molar-refractivity contribution in [2.45, 2.75) is 33.8 Å². The van der Waals surface area contributed by atoms with E-state index in [2.05, 4.69) is 60.1 Å². The first kappa shape index (κ1) is 26.9. The van der Waals surface area contributed by atoms with Gasteiger partial charge in [-0.25, -0.2) is 0 Å². The molecule has 2 aliphatic rings. The van der Waals surface area contributed by atoms with Crippen molar-refractivity contribution in [2.24, 2.45) is 16.8 Å². The molecular formula is C21H45IN6O. The minimum Gasteiger partial charge on any atom is -0.374 e. The molecule has 172 valence electrons. The minimum absolute atomic E-state index is 0. The highest BCUT2D eigenvalue weighted by Gasteiger charge is 2.21. The molecule has 0 saturated carbocycles. The van der Waals surface area contributed by atoms with E-state index in [1.54, 1.807) is 0 Å². The molecule has 0 aromatic heterocycles. The zero-order valence-corrected chi connectivity index (χ0v) is 21.7. The summed E-state index contributed by atoms with van der Waals surface area (Å²) in [5.74, 6) is 2.18. The number of likely N-dealkylation sites (N-methyl/N-ethyl adjacent to an activating group) is 1. The van der Waals surface area contributed by atoms with Gasteiger partial charge in [-0.1, -0.05) is 20.8 Å². The molecule has 2 heterocycles. The van der Waals surface area contributed by atoms with Crippen LogP contribution in [0.1, 0.15) is 27.7 Å².